The average molecular weight is 220 g/mol. The molecule has 0 fully saturated rings. The Kier molecular flexibility index (Phi) is 3.82. The van der Waals surface area contributed by atoms with Gasteiger partial charge < -0.3 is 4.74 Å². The molecule has 0 bridgehead atoms. The summed E-state index contributed by atoms with van der Waals surface area (Å²) in [7, 11) is 0. The quantitative estimate of drug-likeness (QED) is 0.685. The molecule has 0 aromatic rings. The summed E-state index contributed by atoms with van der Waals surface area (Å²) in [6.45, 7) is 4.60. The number of hydrogen-bond acceptors (Lipinski definition) is 3. The van der Waals surface area contributed by atoms with Gasteiger partial charge in [0.15, 0.2) is 11.4 Å². The number of rotatable bonds is 3. The van der Waals surface area contributed by atoms with Crippen LogP contribution in [0.5, 0.6) is 0 Å². The van der Waals surface area contributed by atoms with E-state index in [2.05, 4.69) is 0 Å². The maximum atomic E-state index is 11.8. The van der Waals surface area contributed by atoms with Crippen LogP contribution in [0.3, 0.4) is 0 Å². The lowest BCUT2D eigenvalue weighted by molar-refractivity contribution is -0.164. The minimum atomic E-state index is -1.06. The van der Waals surface area contributed by atoms with Gasteiger partial charge in [-0.05, 0) is 20.8 Å². The molecule has 0 atom stereocenters. The van der Waals surface area contributed by atoms with E-state index in [1.165, 1.54) is 6.92 Å². The van der Waals surface area contributed by atoms with Crippen molar-refractivity contribution < 1.29 is 14.3 Å². The molecule has 0 N–H and O–H groups in total. The summed E-state index contributed by atoms with van der Waals surface area (Å²) < 4.78 is 5.18. The van der Waals surface area contributed by atoms with Gasteiger partial charge in [0.1, 0.15) is 0 Å². The normalized spacial score (nSPS) is 15.9. The molecule has 0 unspecified atom stereocenters. The van der Waals surface area contributed by atoms with Gasteiger partial charge in [-0.15, -0.1) is 0 Å². The smallest absolute Gasteiger partial charge is 0.317 e. The van der Waals surface area contributed by atoms with E-state index in [9.17, 15) is 9.59 Å². The molecule has 3 nitrogen and oxygen atoms in total. The zero-order valence-corrected chi connectivity index (χ0v) is 9.77. The van der Waals surface area contributed by atoms with Crippen molar-refractivity contribution in [1.82, 2.24) is 0 Å². The molecular formula is C13H16O3. The van der Waals surface area contributed by atoms with Crippen LogP contribution in [-0.4, -0.2) is 17.4 Å². The monoisotopic (exact) mass is 220 g/mol. The highest BCUT2D eigenvalue weighted by molar-refractivity contribution is 5.88. The minimum Gasteiger partial charge on any atom is -0.451 e. The predicted octanol–water partition coefficient (Wildman–Crippen LogP) is 2.20. The first kappa shape index (κ1) is 12.4. The Morgan fingerprint density at radius 2 is 1.56 bits per heavy atom. The zero-order chi connectivity index (χ0) is 12.2. The first-order valence-electron chi connectivity index (χ1n) is 5.19. The number of hydrogen-bond donors (Lipinski definition) is 0. The molecule has 0 aromatic carbocycles. The first-order chi connectivity index (χ1) is 7.43. The fourth-order valence-corrected chi connectivity index (χ4v) is 1.11. The van der Waals surface area contributed by atoms with Gasteiger partial charge in [0.2, 0.25) is 0 Å². The molecule has 0 saturated heterocycles. The standard InChI is InChI=1S/C13H16O3/c1-10(14)13(2,3)16-12(15)11-8-6-4-5-7-9-11/h4-9,11H,1-3H3. The van der Waals surface area contributed by atoms with Gasteiger partial charge in [-0.2, -0.15) is 0 Å². The molecule has 1 aliphatic carbocycles. The maximum Gasteiger partial charge on any atom is 0.317 e. The van der Waals surface area contributed by atoms with E-state index in [1.807, 2.05) is 12.2 Å². The van der Waals surface area contributed by atoms with E-state index in [0.717, 1.165) is 0 Å². The second kappa shape index (κ2) is 4.92. The van der Waals surface area contributed by atoms with E-state index in [1.54, 1.807) is 38.2 Å². The molecule has 1 aliphatic rings. The van der Waals surface area contributed by atoms with E-state index in [-0.39, 0.29) is 5.78 Å². The fraction of sp³-hybridized carbons (Fsp3) is 0.385. The van der Waals surface area contributed by atoms with Gasteiger partial charge in [0, 0.05) is 0 Å². The molecule has 3 heteroatoms. The van der Waals surface area contributed by atoms with Gasteiger partial charge >= 0.3 is 5.97 Å². The van der Waals surface area contributed by atoms with Crippen LogP contribution >= 0.6 is 0 Å². The Balaban J connectivity index is 2.69. The second-order valence-electron chi connectivity index (χ2n) is 4.17. The van der Waals surface area contributed by atoms with Gasteiger partial charge in [0.25, 0.3) is 0 Å². The molecule has 0 spiro atoms. The van der Waals surface area contributed by atoms with Crippen molar-refractivity contribution in [2.24, 2.45) is 5.92 Å². The molecule has 86 valence electrons. The van der Waals surface area contributed by atoms with Crippen LogP contribution in [0.4, 0.5) is 0 Å². The highest BCUT2D eigenvalue weighted by Gasteiger charge is 2.30. The topological polar surface area (TPSA) is 43.4 Å². The van der Waals surface area contributed by atoms with Gasteiger partial charge in [-0.3, -0.25) is 9.59 Å². The number of allylic oxidation sites excluding steroid dienone is 4. The second-order valence-corrected chi connectivity index (χ2v) is 4.17. The molecule has 0 aliphatic heterocycles. The number of carbonyl (C=O) groups excluding carboxylic acids is 2. The molecule has 0 amide bonds. The van der Waals surface area contributed by atoms with Gasteiger partial charge in [-0.25, -0.2) is 0 Å². The average Bonchev–Trinajstić information content (AvgIpc) is 2.44. The molecule has 0 saturated carbocycles. The Morgan fingerprint density at radius 3 is 2.00 bits per heavy atom. The summed E-state index contributed by atoms with van der Waals surface area (Å²) in [5, 5.41) is 0. The molecule has 1 rings (SSSR count). The van der Waals surface area contributed by atoms with Crippen molar-refractivity contribution >= 4 is 11.8 Å². The number of carbonyl (C=O) groups is 2. The summed E-state index contributed by atoms with van der Waals surface area (Å²) in [5.74, 6) is -0.995. The van der Waals surface area contributed by atoms with Crippen LogP contribution in [0.25, 0.3) is 0 Å². The van der Waals surface area contributed by atoms with E-state index < -0.39 is 17.5 Å². The van der Waals surface area contributed by atoms with Crippen molar-refractivity contribution in [3.05, 3.63) is 36.5 Å². The molecule has 0 radical (unpaired) electrons. The number of ether oxygens (including phenoxy) is 1. The number of Topliss-reactive ketones (excluding diaryl/α,β-unsaturated/α-hetero) is 1. The SMILES string of the molecule is CC(=O)C(C)(C)OC(=O)C1C=CC=CC=C1. The lowest BCUT2D eigenvalue weighted by Crippen LogP contribution is -2.37. The number of ketones is 1. The Labute approximate surface area is 95.5 Å². The Morgan fingerprint density at radius 1 is 1.06 bits per heavy atom. The lowest BCUT2D eigenvalue weighted by atomic mass is 10.0. The van der Waals surface area contributed by atoms with Crippen LogP contribution in [0.1, 0.15) is 20.8 Å². The van der Waals surface area contributed by atoms with E-state index >= 15 is 0 Å². The summed E-state index contributed by atoms with van der Waals surface area (Å²) >= 11 is 0. The summed E-state index contributed by atoms with van der Waals surface area (Å²) in [4.78, 5) is 23.0. The van der Waals surface area contributed by atoms with Crippen molar-refractivity contribution in [2.45, 2.75) is 26.4 Å². The van der Waals surface area contributed by atoms with Crippen molar-refractivity contribution in [2.75, 3.05) is 0 Å². The number of esters is 1. The molecule has 0 aromatic heterocycles. The van der Waals surface area contributed by atoms with Crippen LogP contribution < -0.4 is 0 Å². The third-order valence-corrected chi connectivity index (χ3v) is 2.45. The molecule has 0 heterocycles. The van der Waals surface area contributed by atoms with Crippen molar-refractivity contribution in [3.8, 4) is 0 Å². The van der Waals surface area contributed by atoms with Crippen molar-refractivity contribution in [1.29, 1.82) is 0 Å². The van der Waals surface area contributed by atoms with Crippen molar-refractivity contribution in [3.63, 3.8) is 0 Å². The molecule has 16 heavy (non-hydrogen) atoms. The van der Waals surface area contributed by atoms with Gasteiger partial charge in [-0.1, -0.05) is 36.5 Å². The lowest BCUT2D eigenvalue weighted by Gasteiger charge is -2.23. The summed E-state index contributed by atoms with van der Waals surface area (Å²) in [5.41, 5.74) is -1.06. The van der Waals surface area contributed by atoms with Crippen LogP contribution in [0.15, 0.2) is 36.5 Å². The highest BCUT2D eigenvalue weighted by atomic mass is 16.6. The Bertz CT molecular complexity index is 357. The largest absolute Gasteiger partial charge is 0.451 e. The third-order valence-electron chi connectivity index (χ3n) is 2.45. The summed E-state index contributed by atoms with van der Waals surface area (Å²) in [6.07, 6.45) is 10.7. The Hall–Kier alpha value is -1.64. The van der Waals surface area contributed by atoms with Gasteiger partial charge in [0.05, 0.1) is 5.92 Å². The van der Waals surface area contributed by atoms with E-state index in [4.69, 9.17) is 4.74 Å². The fourth-order valence-electron chi connectivity index (χ4n) is 1.11. The summed E-state index contributed by atoms with van der Waals surface area (Å²) in [6, 6.07) is 0. The minimum absolute atomic E-state index is 0.166. The maximum absolute atomic E-state index is 11.8. The van der Waals surface area contributed by atoms with Crippen LogP contribution in [0.2, 0.25) is 0 Å². The predicted molar refractivity (Wildman–Crippen MR) is 61.8 cm³/mol. The first-order valence-corrected chi connectivity index (χ1v) is 5.19. The molecular weight excluding hydrogens is 204 g/mol. The van der Waals surface area contributed by atoms with E-state index in [0.29, 0.717) is 0 Å². The zero-order valence-electron chi connectivity index (χ0n) is 9.77. The van der Waals surface area contributed by atoms with Crippen LogP contribution in [0, 0.1) is 5.92 Å². The third kappa shape index (κ3) is 3.19. The highest BCUT2D eigenvalue weighted by Crippen LogP contribution is 2.16. The van der Waals surface area contributed by atoms with Crippen LogP contribution in [-0.2, 0) is 14.3 Å².